The van der Waals surface area contributed by atoms with E-state index in [0.717, 1.165) is 12.2 Å². The van der Waals surface area contributed by atoms with Gasteiger partial charge in [-0.05, 0) is 25.0 Å². The van der Waals surface area contributed by atoms with E-state index in [0.29, 0.717) is 0 Å². The van der Waals surface area contributed by atoms with E-state index < -0.39 is 0 Å². The van der Waals surface area contributed by atoms with Crippen molar-refractivity contribution in [2.45, 2.75) is 39.3 Å². The molecule has 3 atom stereocenters. The second kappa shape index (κ2) is 6.45. The molecule has 0 aliphatic heterocycles. The van der Waals surface area contributed by atoms with Crippen molar-refractivity contribution in [3.63, 3.8) is 0 Å². The van der Waals surface area contributed by atoms with Crippen molar-refractivity contribution in [2.24, 2.45) is 5.92 Å². The van der Waals surface area contributed by atoms with Crippen LogP contribution >= 0.6 is 0 Å². The van der Waals surface area contributed by atoms with E-state index in [1.54, 1.807) is 6.26 Å². The van der Waals surface area contributed by atoms with Gasteiger partial charge >= 0.3 is 5.97 Å². The van der Waals surface area contributed by atoms with Gasteiger partial charge in [-0.1, -0.05) is 20.3 Å². The van der Waals surface area contributed by atoms with Crippen molar-refractivity contribution >= 4 is 5.97 Å². The smallest absolute Gasteiger partial charge is 0.323 e. The number of nitrogens with one attached hydrogen (secondary N) is 1. The molecule has 0 amide bonds. The third-order valence-corrected chi connectivity index (χ3v) is 3.07. The van der Waals surface area contributed by atoms with Crippen molar-refractivity contribution in [2.75, 3.05) is 7.11 Å². The van der Waals surface area contributed by atoms with Crippen LogP contribution in [-0.4, -0.2) is 19.1 Å². The van der Waals surface area contributed by atoms with Crippen LogP contribution in [-0.2, 0) is 9.53 Å². The number of methoxy groups -OCH3 is 1. The second-order valence-electron chi connectivity index (χ2n) is 4.29. The summed E-state index contributed by atoms with van der Waals surface area (Å²) in [7, 11) is 1.41. The zero-order valence-electron chi connectivity index (χ0n) is 10.9. The van der Waals surface area contributed by atoms with Crippen LogP contribution in [0.15, 0.2) is 22.8 Å². The number of furan rings is 1. The molecule has 96 valence electrons. The Labute approximate surface area is 102 Å². The van der Waals surface area contributed by atoms with Gasteiger partial charge in [-0.3, -0.25) is 10.1 Å². The molecule has 0 spiro atoms. The van der Waals surface area contributed by atoms with Gasteiger partial charge in [0.25, 0.3) is 0 Å². The van der Waals surface area contributed by atoms with Gasteiger partial charge in [0.05, 0.1) is 19.4 Å². The Hall–Kier alpha value is -1.29. The van der Waals surface area contributed by atoms with Crippen molar-refractivity contribution < 1.29 is 13.9 Å². The fourth-order valence-electron chi connectivity index (χ4n) is 1.72. The van der Waals surface area contributed by atoms with Crippen LogP contribution in [0, 0.1) is 5.92 Å². The van der Waals surface area contributed by atoms with Gasteiger partial charge in [-0.2, -0.15) is 0 Å². The van der Waals surface area contributed by atoms with Crippen molar-refractivity contribution in [1.82, 2.24) is 5.32 Å². The first kappa shape index (κ1) is 13.8. The summed E-state index contributed by atoms with van der Waals surface area (Å²) >= 11 is 0. The summed E-state index contributed by atoms with van der Waals surface area (Å²) < 4.78 is 10.1. The molecule has 4 heteroatoms. The zero-order valence-corrected chi connectivity index (χ0v) is 10.9. The molecule has 0 saturated heterocycles. The Balaban J connectivity index is 2.69. The van der Waals surface area contributed by atoms with Gasteiger partial charge in [-0.25, -0.2) is 0 Å². The SMILES string of the molecule is CCC(C)C(NC(C)c1ccco1)C(=O)OC. The predicted molar refractivity (Wildman–Crippen MR) is 65.5 cm³/mol. The van der Waals surface area contributed by atoms with Crippen molar-refractivity contribution in [3.05, 3.63) is 24.2 Å². The Morgan fingerprint density at radius 3 is 2.71 bits per heavy atom. The Bertz CT molecular complexity index is 334. The highest BCUT2D eigenvalue weighted by atomic mass is 16.5. The summed E-state index contributed by atoms with van der Waals surface area (Å²) in [6.07, 6.45) is 2.54. The van der Waals surface area contributed by atoms with E-state index in [4.69, 9.17) is 9.15 Å². The lowest BCUT2D eigenvalue weighted by Gasteiger charge is -2.24. The van der Waals surface area contributed by atoms with Crippen molar-refractivity contribution in [1.29, 1.82) is 0 Å². The molecule has 1 aromatic heterocycles. The van der Waals surface area contributed by atoms with Crippen LogP contribution in [0.5, 0.6) is 0 Å². The first-order chi connectivity index (χ1) is 8.10. The monoisotopic (exact) mass is 239 g/mol. The molecule has 0 fully saturated rings. The summed E-state index contributed by atoms with van der Waals surface area (Å²) in [4.78, 5) is 11.7. The highest BCUT2D eigenvalue weighted by Crippen LogP contribution is 2.17. The van der Waals surface area contributed by atoms with Crippen LogP contribution in [0.3, 0.4) is 0 Å². The lowest BCUT2D eigenvalue weighted by atomic mass is 9.98. The lowest BCUT2D eigenvalue weighted by molar-refractivity contribution is -0.144. The van der Waals surface area contributed by atoms with Crippen molar-refractivity contribution in [3.8, 4) is 0 Å². The molecule has 0 radical (unpaired) electrons. The molecular weight excluding hydrogens is 218 g/mol. The standard InChI is InChI=1S/C13H21NO3/c1-5-9(2)12(13(15)16-4)14-10(3)11-7-6-8-17-11/h6-10,12,14H,5H2,1-4H3. The van der Waals surface area contributed by atoms with Crippen LogP contribution in [0.2, 0.25) is 0 Å². The molecule has 0 bridgehead atoms. The first-order valence-corrected chi connectivity index (χ1v) is 5.97. The summed E-state index contributed by atoms with van der Waals surface area (Å²) in [5, 5.41) is 3.25. The van der Waals surface area contributed by atoms with Crippen LogP contribution in [0.25, 0.3) is 0 Å². The van der Waals surface area contributed by atoms with E-state index in [2.05, 4.69) is 12.2 Å². The van der Waals surface area contributed by atoms with Gasteiger partial charge in [0.1, 0.15) is 11.8 Å². The highest BCUT2D eigenvalue weighted by Gasteiger charge is 2.27. The maximum absolute atomic E-state index is 11.7. The maximum atomic E-state index is 11.7. The molecule has 0 aliphatic carbocycles. The minimum atomic E-state index is -0.301. The van der Waals surface area contributed by atoms with Crippen LogP contribution in [0.4, 0.5) is 0 Å². The van der Waals surface area contributed by atoms with Gasteiger partial charge in [-0.15, -0.1) is 0 Å². The molecule has 1 N–H and O–H groups in total. The third kappa shape index (κ3) is 3.60. The fourth-order valence-corrected chi connectivity index (χ4v) is 1.72. The van der Waals surface area contributed by atoms with E-state index >= 15 is 0 Å². The van der Waals surface area contributed by atoms with Gasteiger partial charge in [0.15, 0.2) is 0 Å². The van der Waals surface area contributed by atoms with Gasteiger partial charge < -0.3 is 9.15 Å². The van der Waals surface area contributed by atoms with E-state index in [9.17, 15) is 4.79 Å². The minimum absolute atomic E-state index is 0.0110. The predicted octanol–water partition coefficient (Wildman–Crippen LogP) is 2.52. The number of ether oxygens (including phenoxy) is 1. The second-order valence-corrected chi connectivity index (χ2v) is 4.29. The molecule has 4 nitrogen and oxygen atoms in total. The fraction of sp³-hybridized carbons (Fsp3) is 0.615. The maximum Gasteiger partial charge on any atom is 0.323 e. The Kier molecular flexibility index (Phi) is 5.22. The number of carbonyl (C=O) groups is 1. The number of hydrogen-bond donors (Lipinski definition) is 1. The molecule has 3 unspecified atom stereocenters. The Morgan fingerprint density at radius 1 is 1.53 bits per heavy atom. The van der Waals surface area contributed by atoms with E-state index in [-0.39, 0.29) is 24.0 Å². The molecule has 1 rings (SSSR count). The number of carbonyl (C=O) groups excluding carboxylic acids is 1. The summed E-state index contributed by atoms with van der Waals surface area (Å²) in [5.74, 6) is 0.819. The Morgan fingerprint density at radius 2 is 2.24 bits per heavy atom. The topological polar surface area (TPSA) is 51.5 Å². The lowest BCUT2D eigenvalue weighted by Crippen LogP contribution is -2.43. The van der Waals surface area contributed by atoms with Gasteiger partial charge in [0, 0.05) is 0 Å². The van der Waals surface area contributed by atoms with Crippen LogP contribution in [0.1, 0.15) is 39.0 Å². The molecule has 1 aromatic rings. The average Bonchev–Trinajstić information content (AvgIpc) is 2.87. The summed E-state index contributed by atoms with van der Waals surface area (Å²) in [6, 6.07) is 3.42. The largest absolute Gasteiger partial charge is 0.468 e. The molecule has 0 saturated carbocycles. The normalized spacial score (nSPS) is 16.2. The average molecular weight is 239 g/mol. The molecule has 0 aliphatic rings. The summed E-state index contributed by atoms with van der Waals surface area (Å²) in [5.41, 5.74) is 0. The zero-order chi connectivity index (χ0) is 12.8. The molecular formula is C13H21NO3. The van der Waals surface area contributed by atoms with E-state index in [1.807, 2.05) is 26.0 Å². The number of hydrogen-bond acceptors (Lipinski definition) is 4. The quantitative estimate of drug-likeness (QED) is 0.775. The molecule has 17 heavy (non-hydrogen) atoms. The van der Waals surface area contributed by atoms with Crippen LogP contribution < -0.4 is 5.32 Å². The minimum Gasteiger partial charge on any atom is -0.468 e. The first-order valence-electron chi connectivity index (χ1n) is 5.97. The number of rotatable bonds is 6. The highest BCUT2D eigenvalue weighted by molar-refractivity contribution is 5.76. The van der Waals surface area contributed by atoms with Gasteiger partial charge in [0.2, 0.25) is 0 Å². The van der Waals surface area contributed by atoms with E-state index in [1.165, 1.54) is 7.11 Å². The molecule has 1 heterocycles. The molecule has 0 aromatic carbocycles. The third-order valence-electron chi connectivity index (χ3n) is 3.07. The number of esters is 1. The summed E-state index contributed by atoms with van der Waals surface area (Å²) in [6.45, 7) is 6.06.